The van der Waals surface area contributed by atoms with Crippen LogP contribution in [-0.4, -0.2) is 19.0 Å². The predicted molar refractivity (Wildman–Crippen MR) is 81.5 cm³/mol. The second-order valence-electron chi connectivity index (χ2n) is 5.86. The normalized spacial score (nSPS) is 14.3. The Hall–Kier alpha value is -0.440. The molecule has 0 spiro atoms. The second-order valence-corrected chi connectivity index (χ2v) is 6.67. The van der Waals surface area contributed by atoms with Crippen LogP contribution in [0, 0.1) is 5.41 Å². The molecule has 0 amide bonds. The van der Waals surface area contributed by atoms with Crippen LogP contribution >= 0.6 is 23.2 Å². The van der Waals surface area contributed by atoms with Crippen molar-refractivity contribution in [2.45, 2.75) is 33.2 Å². The highest BCUT2D eigenvalue weighted by Gasteiger charge is 2.19. The van der Waals surface area contributed by atoms with E-state index in [0.717, 1.165) is 48.9 Å². The summed E-state index contributed by atoms with van der Waals surface area (Å²) in [7, 11) is 0. The fraction of sp³-hybridized carbons (Fsp3) is 0.600. The van der Waals surface area contributed by atoms with E-state index in [1.54, 1.807) is 0 Å². The summed E-state index contributed by atoms with van der Waals surface area (Å²) >= 11 is 12.0. The first-order chi connectivity index (χ1) is 9.02. The van der Waals surface area contributed by atoms with Gasteiger partial charge >= 0.3 is 0 Å². The van der Waals surface area contributed by atoms with Crippen LogP contribution in [0.5, 0.6) is 5.75 Å². The number of hydrogen-bond acceptors (Lipinski definition) is 2. The number of ether oxygens (including phenoxy) is 1. The van der Waals surface area contributed by atoms with Crippen molar-refractivity contribution in [3.8, 4) is 5.75 Å². The van der Waals surface area contributed by atoms with Crippen molar-refractivity contribution in [1.82, 2.24) is 5.32 Å². The molecule has 1 aliphatic heterocycles. The zero-order valence-electron chi connectivity index (χ0n) is 11.6. The molecule has 0 bridgehead atoms. The third kappa shape index (κ3) is 4.01. The molecule has 2 nitrogen and oxygen atoms in total. The van der Waals surface area contributed by atoms with E-state index in [1.807, 2.05) is 12.1 Å². The Balaban J connectivity index is 1.97. The standard InChI is InChI=1S/C15H21Cl2NO/c1-15(2,4-5-16)10-18-9-12-8-13(17)7-11-3-6-19-14(11)12/h7-8,18H,3-6,9-10H2,1-2H3. The Kier molecular flexibility index (Phi) is 4.99. The van der Waals surface area contributed by atoms with E-state index >= 15 is 0 Å². The van der Waals surface area contributed by atoms with Crippen molar-refractivity contribution in [3.63, 3.8) is 0 Å². The molecule has 0 aromatic heterocycles. The molecule has 0 saturated carbocycles. The van der Waals surface area contributed by atoms with Gasteiger partial charge in [0.2, 0.25) is 0 Å². The highest BCUT2D eigenvalue weighted by Crippen LogP contribution is 2.32. The summed E-state index contributed by atoms with van der Waals surface area (Å²) in [5, 5.41) is 4.28. The van der Waals surface area contributed by atoms with Gasteiger partial charge in [0, 0.05) is 36.0 Å². The highest BCUT2D eigenvalue weighted by atomic mass is 35.5. The highest BCUT2D eigenvalue weighted by molar-refractivity contribution is 6.30. The first-order valence-corrected chi connectivity index (χ1v) is 7.64. The van der Waals surface area contributed by atoms with Gasteiger partial charge in [0.05, 0.1) is 6.61 Å². The van der Waals surface area contributed by atoms with Crippen molar-refractivity contribution < 1.29 is 4.74 Å². The molecule has 0 fully saturated rings. The van der Waals surface area contributed by atoms with Crippen molar-refractivity contribution in [2.24, 2.45) is 5.41 Å². The average molecular weight is 302 g/mol. The predicted octanol–water partition coefficient (Wildman–Crippen LogP) is 4.02. The molecule has 19 heavy (non-hydrogen) atoms. The Morgan fingerprint density at radius 1 is 1.37 bits per heavy atom. The third-order valence-corrected chi connectivity index (χ3v) is 3.92. The molecule has 1 heterocycles. The van der Waals surface area contributed by atoms with Crippen LogP contribution in [0.4, 0.5) is 0 Å². The van der Waals surface area contributed by atoms with Gasteiger partial charge in [0.15, 0.2) is 0 Å². The molecule has 1 aromatic rings. The minimum atomic E-state index is 0.213. The van der Waals surface area contributed by atoms with Gasteiger partial charge in [-0.1, -0.05) is 25.4 Å². The zero-order chi connectivity index (χ0) is 13.9. The molecule has 2 rings (SSSR count). The molecule has 106 valence electrons. The molecule has 0 aliphatic carbocycles. The number of hydrogen-bond donors (Lipinski definition) is 1. The Bertz CT molecular complexity index is 446. The van der Waals surface area contributed by atoms with Crippen LogP contribution in [-0.2, 0) is 13.0 Å². The topological polar surface area (TPSA) is 21.3 Å². The minimum Gasteiger partial charge on any atom is -0.493 e. The number of nitrogens with one attached hydrogen (secondary N) is 1. The molecule has 0 atom stereocenters. The molecule has 0 radical (unpaired) electrons. The van der Waals surface area contributed by atoms with Crippen molar-refractivity contribution in [2.75, 3.05) is 19.0 Å². The number of benzene rings is 1. The van der Waals surface area contributed by atoms with Gasteiger partial charge in [0.1, 0.15) is 5.75 Å². The zero-order valence-corrected chi connectivity index (χ0v) is 13.1. The van der Waals surface area contributed by atoms with Gasteiger partial charge in [-0.15, -0.1) is 11.6 Å². The molecule has 1 aromatic carbocycles. The SMILES string of the molecule is CC(C)(CCCl)CNCc1cc(Cl)cc2c1OCC2. The molecule has 4 heteroatoms. The van der Waals surface area contributed by atoms with Crippen LogP contribution in [0.1, 0.15) is 31.4 Å². The van der Waals surface area contributed by atoms with Crippen molar-refractivity contribution in [3.05, 3.63) is 28.3 Å². The molecular weight excluding hydrogens is 281 g/mol. The van der Waals surface area contributed by atoms with Gasteiger partial charge in [-0.25, -0.2) is 0 Å². The summed E-state index contributed by atoms with van der Waals surface area (Å²) in [6.45, 7) is 6.93. The summed E-state index contributed by atoms with van der Waals surface area (Å²) in [5.41, 5.74) is 2.59. The lowest BCUT2D eigenvalue weighted by Crippen LogP contribution is -2.29. The molecular formula is C15H21Cl2NO. The smallest absolute Gasteiger partial charge is 0.127 e. The van der Waals surface area contributed by atoms with Crippen LogP contribution in [0.15, 0.2) is 12.1 Å². The lowest BCUT2D eigenvalue weighted by atomic mass is 9.90. The van der Waals surface area contributed by atoms with Gasteiger partial charge < -0.3 is 10.1 Å². The van der Waals surface area contributed by atoms with E-state index in [9.17, 15) is 0 Å². The first-order valence-electron chi connectivity index (χ1n) is 6.73. The quantitative estimate of drug-likeness (QED) is 0.801. The maximum absolute atomic E-state index is 6.15. The summed E-state index contributed by atoms with van der Waals surface area (Å²) in [4.78, 5) is 0. The van der Waals surface area contributed by atoms with Crippen LogP contribution in [0.2, 0.25) is 5.02 Å². The average Bonchev–Trinajstić information content (AvgIpc) is 2.76. The number of alkyl halides is 1. The van der Waals surface area contributed by atoms with E-state index < -0.39 is 0 Å². The Morgan fingerprint density at radius 3 is 2.89 bits per heavy atom. The van der Waals surface area contributed by atoms with Crippen LogP contribution in [0.3, 0.4) is 0 Å². The van der Waals surface area contributed by atoms with E-state index in [-0.39, 0.29) is 5.41 Å². The monoisotopic (exact) mass is 301 g/mol. The fourth-order valence-corrected chi connectivity index (χ4v) is 3.13. The van der Waals surface area contributed by atoms with E-state index in [2.05, 4.69) is 19.2 Å². The first kappa shape index (κ1) is 15.0. The van der Waals surface area contributed by atoms with Crippen molar-refractivity contribution >= 4 is 23.2 Å². The van der Waals surface area contributed by atoms with Gasteiger partial charge in [-0.05, 0) is 29.5 Å². The van der Waals surface area contributed by atoms with E-state index in [1.165, 1.54) is 5.56 Å². The van der Waals surface area contributed by atoms with Gasteiger partial charge in [-0.3, -0.25) is 0 Å². The fourth-order valence-electron chi connectivity index (χ4n) is 2.36. The van der Waals surface area contributed by atoms with Gasteiger partial charge in [0.25, 0.3) is 0 Å². The maximum atomic E-state index is 6.15. The van der Waals surface area contributed by atoms with E-state index in [4.69, 9.17) is 27.9 Å². The largest absolute Gasteiger partial charge is 0.493 e. The summed E-state index contributed by atoms with van der Waals surface area (Å²) in [6.07, 6.45) is 1.96. The summed E-state index contributed by atoms with van der Waals surface area (Å²) < 4.78 is 5.70. The van der Waals surface area contributed by atoms with Gasteiger partial charge in [-0.2, -0.15) is 0 Å². The van der Waals surface area contributed by atoms with Crippen LogP contribution in [0.25, 0.3) is 0 Å². The summed E-state index contributed by atoms with van der Waals surface area (Å²) in [6, 6.07) is 4.00. The molecule has 0 saturated heterocycles. The number of halogens is 2. The third-order valence-electron chi connectivity index (χ3n) is 3.52. The lowest BCUT2D eigenvalue weighted by molar-refractivity contribution is 0.325. The number of rotatable bonds is 6. The van der Waals surface area contributed by atoms with Crippen molar-refractivity contribution in [1.29, 1.82) is 0 Å². The molecule has 1 N–H and O–H groups in total. The second kappa shape index (κ2) is 6.34. The molecule has 0 unspecified atom stereocenters. The van der Waals surface area contributed by atoms with E-state index in [0.29, 0.717) is 5.88 Å². The Labute approximate surface area is 125 Å². The maximum Gasteiger partial charge on any atom is 0.127 e. The molecule has 1 aliphatic rings. The summed E-state index contributed by atoms with van der Waals surface area (Å²) in [5.74, 6) is 1.72. The Morgan fingerprint density at radius 2 is 2.16 bits per heavy atom. The van der Waals surface area contributed by atoms with Crippen LogP contribution < -0.4 is 10.1 Å². The minimum absolute atomic E-state index is 0.213. The number of fused-ring (bicyclic) bond motifs is 1. The lowest BCUT2D eigenvalue weighted by Gasteiger charge is -2.24.